The van der Waals surface area contributed by atoms with Crippen molar-refractivity contribution >= 4 is 46.5 Å². The SMILES string of the molecule is CC.CC1C(C(=O)N(C=O)Cc2cc3nccc(B(O)O)c3s2)C1(C)C. The van der Waals surface area contributed by atoms with Gasteiger partial charge in [-0.15, -0.1) is 11.3 Å². The fourth-order valence-electron chi connectivity index (χ4n) is 3.23. The van der Waals surface area contributed by atoms with E-state index in [0.717, 1.165) is 4.88 Å². The van der Waals surface area contributed by atoms with E-state index in [4.69, 9.17) is 0 Å². The Bertz CT molecular complexity index is 806. The number of thiophene rings is 1. The monoisotopic (exact) mass is 376 g/mol. The number of fused-ring (bicyclic) bond motifs is 1. The number of rotatable bonds is 5. The molecule has 0 saturated heterocycles. The van der Waals surface area contributed by atoms with Gasteiger partial charge in [-0.25, -0.2) is 0 Å². The number of hydrogen-bond acceptors (Lipinski definition) is 6. The van der Waals surface area contributed by atoms with E-state index in [1.165, 1.54) is 22.4 Å². The number of pyridine rings is 1. The predicted octanol–water partition coefficient (Wildman–Crippen LogP) is 1.78. The first kappa shape index (κ1) is 20.5. The molecule has 1 aliphatic rings. The standard InChI is InChI=1S/C16H19BN2O4S.C2H6/c1-9-13(16(9,2)3)15(21)19(8-20)7-10-6-12-14(24-10)11(17(22)23)4-5-18-12;1-2/h4-6,8-9,13,22-23H,7H2,1-3H3;1-2H3. The van der Waals surface area contributed by atoms with Crippen LogP contribution in [0.3, 0.4) is 0 Å². The molecule has 26 heavy (non-hydrogen) atoms. The Labute approximate surface area is 158 Å². The van der Waals surface area contributed by atoms with Gasteiger partial charge >= 0.3 is 7.12 Å². The second-order valence-corrected chi connectivity index (χ2v) is 8.00. The summed E-state index contributed by atoms with van der Waals surface area (Å²) in [5.41, 5.74) is 0.921. The Hall–Kier alpha value is -1.77. The van der Waals surface area contributed by atoms with E-state index in [0.29, 0.717) is 22.1 Å². The summed E-state index contributed by atoms with van der Waals surface area (Å²) >= 11 is 1.31. The zero-order valence-corrected chi connectivity index (χ0v) is 16.6. The number of amides is 2. The number of hydrogen-bond donors (Lipinski definition) is 2. The summed E-state index contributed by atoms with van der Waals surface area (Å²) in [5, 5.41) is 18.9. The Kier molecular flexibility index (Phi) is 6.21. The van der Waals surface area contributed by atoms with Crippen molar-refractivity contribution in [1.29, 1.82) is 0 Å². The zero-order valence-electron chi connectivity index (χ0n) is 15.8. The zero-order chi connectivity index (χ0) is 19.6. The molecule has 0 spiro atoms. The molecule has 3 rings (SSSR count). The molecule has 1 aliphatic carbocycles. The number of nitrogens with zero attached hydrogens (tertiary/aromatic N) is 2. The van der Waals surface area contributed by atoms with Gasteiger partial charge in [-0.2, -0.15) is 0 Å². The van der Waals surface area contributed by atoms with E-state index in [1.807, 2.05) is 34.6 Å². The average molecular weight is 376 g/mol. The summed E-state index contributed by atoms with van der Waals surface area (Å²) in [4.78, 5) is 30.1. The first-order valence-corrected chi connectivity index (χ1v) is 9.58. The highest BCUT2D eigenvalue weighted by Crippen LogP contribution is 2.58. The third kappa shape index (κ3) is 3.67. The molecule has 2 amide bonds. The number of aromatic nitrogens is 1. The summed E-state index contributed by atoms with van der Waals surface area (Å²) in [6.07, 6.45) is 2.08. The van der Waals surface area contributed by atoms with E-state index >= 15 is 0 Å². The van der Waals surface area contributed by atoms with Crippen LogP contribution in [0.1, 0.15) is 39.5 Å². The Morgan fingerprint density at radius 2 is 2.04 bits per heavy atom. The molecule has 0 bridgehead atoms. The van der Waals surface area contributed by atoms with Crippen LogP contribution in [0.4, 0.5) is 0 Å². The van der Waals surface area contributed by atoms with Crippen LogP contribution in [0.2, 0.25) is 0 Å². The second-order valence-electron chi connectivity index (χ2n) is 6.86. The maximum Gasteiger partial charge on any atom is 0.490 e. The molecule has 2 atom stereocenters. The highest BCUT2D eigenvalue weighted by Gasteiger charge is 2.59. The van der Waals surface area contributed by atoms with Gasteiger partial charge in [0.05, 0.1) is 16.8 Å². The average Bonchev–Trinajstić information content (AvgIpc) is 2.95. The highest BCUT2D eigenvalue weighted by molar-refractivity contribution is 7.20. The van der Waals surface area contributed by atoms with Gasteiger partial charge in [0.2, 0.25) is 12.3 Å². The normalized spacial score (nSPS) is 20.1. The van der Waals surface area contributed by atoms with Crippen LogP contribution < -0.4 is 5.46 Å². The maximum atomic E-state index is 12.6. The lowest BCUT2D eigenvalue weighted by molar-refractivity contribution is -0.140. The van der Waals surface area contributed by atoms with Crippen molar-refractivity contribution < 1.29 is 19.6 Å². The lowest BCUT2D eigenvalue weighted by Gasteiger charge is -2.15. The summed E-state index contributed by atoms with van der Waals surface area (Å²) in [6, 6.07) is 3.32. The number of carbonyl (C=O) groups excluding carboxylic acids is 2. The van der Waals surface area contributed by atoms with E-state index in [2.05, 4.69) is 4.98 Å². The minimum Gasteiger partial charge on any atom is -0.423 e. The molecular weight excluding hydrogens is 351 g/mol. The molecule has 2 heterocycles. The predicted molar refractivity (Wildman–Crippen MR) is 104 cm³/mol. The van der Waals surface area contributed by atoms with Crippen molar-refractivity contribution in [1.82, 2.24) is 9.88 Å². The van der Waals surface area contributed by atoms with Gasteiger partial charge in [0.15, 0.2) is 0 Å². The molecule has 140 valence electrons. The van der Waals surface area contributed by atoms with E-state index in [1.54, 1.807) is 12.1 Å². The number of carbonyl (C=O) groups is 2. The third-order valence-electron chi connectivity index (χ3n) is 5.14. The topological polar surface area (TPSA) is 90.7 Å². The molecule has 2 unspecified atom stereocenters. The van der Waals surface area contributed by atoms with Crippen molar-refractivity contribution in [2.75, 3.05) is 0 Å². The third-order valence-corrected chi connectivity index (χ3v) is 6.30. The Balaban J connectivity index is 0.00000117. The maximum absolute atomic E-state index is 12.6. The van der Waals surface area contributed by atoms with Crippen molar-refractivity contribution in [2.45, 2.75) is 41.2 Å². The fraction of sp³-hybridized carbons (Fsp3) is 0.500. The van der Waals surface area contributed by atoms with Crippen molar-refractivity contribution in [3.63, 3.8) is 0 Å². The van der Waals surface area contributed by atoms with Crippen molar-refractivity contribution in [3.8, 4) is 0 Å². The highest BCUT2D eigenvalue weighted by atomic mass is 32.1. The van der Waals surface area contributed by atoms with E-state index < -0.39 is 7.12 Å². The smallest absolute Gasteiger partial charge is 0.423 e. The Morgan fingerprint density at radius 1 is 1.42 bits per heavy atom. The lowest BCUT2D eigenvalue weighted by atomic mass is 9.81. The van der Waals surface area contributed by atoms with Crippen LogP contribution in [-0.4, -0.2) is 39.4 Å². The first-order valence-electron chi connectivity index (χ1n) is 8.76. The first-order chi connectivity index (χ1) is 12.3. The van der Waals surface area contributed by atoms with Crippen LogP contribution >= 0.6 is 11.3 Å². The molecule has 1 saturated carbocycles. The van der Waals surface area contributed by atoms with Gasteiger partial charge in [-0.05, 0) is 23.5 Å². The van der Waals surface area contributed by atoms with Gasteiger partial charge < -0.3 is 10.0 Å². The van der Waals surface area contributed by atoms with Gasteiger partial charge in [0, 0.05) is 22.5 Å². The van der Waals surface area contributed by atoms with Gasteiger partial charge in [0.25, 0.3) is 0 Å². The van der Waals surface area contributed by atoms with Crippen LogP contribution in [0.5, 0.6) is 0 Å². The van der Waals surface area contributed by atoms with Gasteiger partial charge in [-0.3, -0.25) is 19.5 Å². The molecule has 2 aromatic heterocycles. The summed E-state index contributed by atoms with van der Waals surface area (Å²) < 4.78 is 0.654. The molecule has 0 aliphatic heterocycles. The van der Waals surface area contributed by atoms with Crippen LogP contribution in [0.25, 0.3) is 10.2 Å². The van der Waals surface area contributed by atoms with E-state index in [-0.39, 0.29) is 29.7 Å². The summed E-state index contributed by atoms with van der Waals surface area (Å²) in [6.45, 7) is 10.2. The van der Waals surface area contributed by atoms with Crippen molar-refractivity contribution in [2.24, 2.45) is 17.3 Å². The molecule has 2 N–H and O–H groups in total. The summed E-state index contributed by atoms with van der Waals surface area (Å²) in [5.74, 6) is -0.0342. The quantitative estimate of drug-likeness (QED) is 0.613. The van der Waals surface area contributed by atoms with Gasteiger partial charge in [-0.1, -0.05) is 34.6 Å². The molecule has 0 aromatic carbocycles. The van der Waals surface area contributed by atoms with Crippen LogP contribution in [-0.2, 0) is 16.1 Å². The molecule has 6 nitrogen and oxygen atoms in total. The lowest BCUT2D eigenvalue weighted by Crippen LogP contribution is -2.31. The van der Waals surface area contributed by atoms with Gasteiger partial charge in [0.1, 0.15) is 0 Å². The van der Waals surface area contributed by atoms with Crippen LogP contribution in [0.15, 0.2) is 18.3 Å². The minimum absolute atomic E-state index is 0.0752. The van der Waals surface area contributed by atoms with Crippen LogP contribution in [0, 0.1) is 17.3 Å². The van der Waals surface area contributed by atoms with E-state index in [9.17, 15) is 19.6 Å². The largest absolute Gasteiger partial charge is 0.490 e. The minimum atomic E-state index is -1.58. The molecular formula is C18H25BN2O4S. The number of imide groups is 1. The molecule has 8 heteroatoms. The summed E-state index contributed by atoms with van der Waals surface area (Å²) in [7, 11) is -1.58. The fourth-order valence-corrected chi connectivity index (χ4v) is 4.37. The second kappa shape index (κ2) is 7.86. The Morgan fingerprint density at radius 3 is 2.54 bits per heavy atom. The molecule has 2 aromatic rings. The van der Waals surface area contributed by atoms with Crippen molar-refractivity contribution in [3.05, 3.63) is 23.2 Å². The molecule has 0 radical (unpaired) electrons. The molecule has 1 fully saturated rings.